The lowest BCUT2D eigenvalue weighted by Gasteiger charge is -2.40. The van der Waals surface area contributed by atoms with Crippen molar-refractivity contribution in [2.24, 2.45) is 5.41 Å². The molecule has 1 saturated heterocycles. The third-order valence-corrected chi connectivity index (χ3v) is 3.74. The van der Waals surface area contributed by atoms with Gasteiger partial charge in [0.25, 0.3) is 0 Å². The minimum atomic E-state index is 0.512. The van der Waals surface area contributed by atoms with Gasteiger partial charge in [-0.15, -0.1) is 6.42 Å². The third-order valence-electron chi connectivity index (χ3n) is 3.74. The van der Waals surface area contributed by atoms with Gasteiger partial charge in [-0.3, -0.25) is 4.90 Å². The van der Waals surface area contributed by atoms with E-state index < -0.39 is 0 Å². The number of hydrogen-bond donors (Lipinski definition) is 1. The van der Waals surface area contributed by atoms with Gasteiger partial charge in [-0.2, -0.15) is 0 Å². The van der Waals surface area contributed by atoms with Crippen LogP contribution in [0.25, 0.3) is 0 Å². The van der Waals surface area contributed by atoms with Gasteiger partial charge in [-0.1, -0.05) is 19.8 Å². The van der Waals surface area contributed by atoms with Gasteiger partial charge in [0, 0.05) is 6.54 Å². The van der Waals surface area contributed by atoms with Gasteiger partial charge < -0.3 is 5.32 Å². The molecule has 1 fully saturated rings. The van der Waals surface area contributed by atoms with E-state index in [2.05, 4.69) is 30.0 Å². The molecular formula is C13H24N2. The summed E-state index contributed by atoms with van der Waals surface area (Å²) in [4.78, 5) is 2.40. The van der Waals surface area contributed by atoms with E-state index in [-0.39, 0.29) is 0 Å². The fraction of sp³-hybridized carbons (Fsp3) is 0.846. The monoisotopic (exact) mass is 208 g/mol. The van der Waals surface area contributed by atoms with E-state index in [0.717, 1.165) is 13.1 Å². The number of terminal acetylenes is 1. The van der Waals surface area contributed by atoms with Crippen LogP contribution in [0.3, 0.4) is 0 Å². The van der Waals surface area contributed by atoms with Crippen molar-refractivity contribution in [1.82, 2.24) is 10.2 Å². The molecule has 86 valence electrons. The minimum Gasteiger partial charge on any atom is -0.317 e. The molecule has 1 rings (SSSR count). The summed E-state index contributed by atoms with van der Waals surface area (Å²) in [7, 11) is 0. The van der Waals surface area contributed by atoms with Gasteiger partial charge in [-0.05, 0) is 44.3 Å². The Morgan fingerprint density at radius 1 is 1.33 bits per heavy atom. The summed E-state index contributed by atoms with van der Waals surface area (Å²) in [5.41, 5.74) is 0.512. The maximum Gasteiger partial charge on any atom is 0.0599 e. The zero-order chi connectivity index (χ0) is 11.1. The fourth-order valence-corrected chi connectivity index (χ4v) is 2.46. The van der Waals surface area contributed by atoms with Crippen molar-refractivity contribution < 1.29 is 0 Å². The third kappa shape index (κ3) is 3.52. The Morgan fingerprint density at radius 2 is 2.00 bits per heavy atom. The van der Waals surface area contributed by atoms with Gasteiger partial charge in [0.1, 0.15) is 0 Å². The number of hydrogen-bond acceptors (Lipinski definition) is 2. The average Bonchev–Trinajstić information content (AvgIpc) is 2.30. The second-order valence-corrected chi connectivity index (χ2v) is 4.61. The van der Waals surface area contributed by atoms with Crippen LogP contribution < -0.4 is 5.32 Å². The SMILES string of the molecule is C#CCN(CC)CC1(CC)CCNCC1. The van der Waals surface area contributed by atoms with Crippen molar-refractivity contribution in [2.45, 2.75) is 33.1 Å². The van der Waals surface area contributed by atoms with Crippen LogP contribution in [-0.4, -0.2) is 37.6 Å². The molecule has 1 N–H and O–H groups in total. The van der Waals surface area contributed by atoms with Crippen LogP contribution in [0.1, 0.15) is 33.1 Å². The topological polar surface area (TPSA) is 15.3 Å². The Balaban J connectivity index is 2.53. The molecule has 1 aliphatic rings. The molecular weight excluding hydrogens is 184 g/mol. The summed E-state index contributed by atoms with van der Waals surface area (Å²) in [5.74, 6) is 2.76. The molecule has 0 saturated carbocycles. The normalized spacial score (nSPS) is 20.1. The van der Waals surface area contributed by atoms with Crippen molar-refractivity contribution in [2.75, 3.05) is 32.7 Å². The minimum absolute atomic E-state index is 0.512. The van der Waals surface area contributed by atoms with Crippen LogP contribution in [-0.2, 0) is 0 Å². The van der Waals surface area contributed by atoms with Crippen LogP contribution in [0, 0.1) is 17.8 Å². The highest BCUT2D eigenvalue weighted by Gasteiger charge is 2.31. The summed E-state index contributed by atoms with van der Waals surface area (Å²) < 4.78 is 0. The lowest BCUT2D eigenvalue weighted by molar-refractivity contribution is 0.118. The predicted molar refractivity (Wildman–Crippen MR) is 65.8 cm³/mol. The van der Waals surface area contributed by atoms with E-state index in [4.69, 9.17) is 6.42 Å². The van der Waals surface area contributed by atoms with Crippen molar-refractivity contribution in [3.05, 3.63) is 0 Å². The van der Waals surface area contributed by atoms with Crippen molar-refractivity contribution in [3.8, 4) is 12.3 Å². The first-order valence-electron chi connectivity index (χ1n) is 6.13. The van der Waals surface area contributed by atoms with Crippen LogP contribution in [0.5, 0.6) is 0 Å². The standard InChI is InChI=1S/C13H24N2/c1-4-11-15(6-3)12-13(5-2)7-9-14-10-8-13/h1,14H,5-12H2,2-3H3. The molecule has 0 aromatic rings. The summed E-state index contributed by atoms with van der Waals surface area (Å²) >= 11 is 0. The molecule has 2 nitrogen and oxygen atoms in total. The Kier molecular flexibility index (Phi) is 5.14. The van der Waals surface area contributed by atoms with Crippen LogP contribution in [0.15, 0.2) is 0 Å². The number of piperidine rings is 1. The largest absolute Gasteiger partial charge is 0.317 e. The summed E-state index contributed by atoms with van der Waals surface area (Å²) in [6, 6.07) is 0. The summed E-state index contributed by atoms with van der Waals surface area (Å²) in [5, 5.41) is 3.44. The van der Waals surface area contributed by atoms with E-state index in [9.17, 15) is 0 Å². The Hall–Kier alpha value is -0.520. The molecule has 0 atom stereocenters. The molecule has 0 aromatic heterocycles. The molecule has 15 heavy (non-hydrogen) atoms. The lowest BCUT2D eigenvalue weighted by Crippen LogP contribution is -2.44. The highest BCUT2D eigenvalue weighted by Crippen LogP contribution is 2.33. The van der Waals surface area contributed by atoms with Crippen molar-refractivity contribution >= 4 is 0 Å². The van der Waals surface area contributed by atoms with Gasteiger partial charge in [-0.25, -0.2) is 0 Å². The first kappa shape index (κ1) is 12.5. The number of rotatable bonds is 5. The smallest absolute Gasteiger partial charge is 0.0599 e. The quantitative estimate of drug-likeness (QED) is 0.692. The summed E-state index contributed by atoms with van der Waals surface area (Å²) in [6.45, 7) is 9.89. The molecule has 0 radical (unpaired) electrons. The van der Waals surface area contributed by atoms with E-state index in [1.54, 1.807) is 0 Å². The Labute approximate surface area is 94.4 Å². The van der Waals surface area contributed by atoms with Gasteiger partial charge in [0.2, 0.25) is 0 Å². The van der Waals surface area contributed by atoms with Crippen LogP contribution in [0.2, 0.25) is 0 Å². The van der Waals surface area contributed by atoms with Gasteiger partial charge in [0.15, 0.2) is 0 Å². The van der Waals surface area contributed by atoms with Crippen LogP contribution in [0.4, 0.5) is 0 Å². The first-order valence-corrected chi connectivity index (χ1v) is 6.13. The van der Waals surface area contributed by atoms with Gasteiger partial charge >= 0.3 is 0 Å². The molecule has 2 heteroatoms. The predicted octanol–water partition coefficient (Wildman–Crippen LogP) is 1.72. The maximum absolute atomic E-state index is 5.39. The van der Waals surface area contributed by atoms with E-state index in [0.29, 0.717) is 5.41 Å². The van der Waals surface area contributed by atoms with Crippen LogP contribution >= 0.6 is 0 Å². The number of nitrogens with zero attached hydrogens (tertiary/aromatic N) is 1. The molecule has 0 unspecified atom stereocenters. The zero-order valence-electron chi connectivity index (χ0n) is 10.2. The fourth-order valence-electron chi connectivity index (χ4n) is 2.46. The maximum atomic E-state index is 5.39. The molecule has 1 heterocycles. The molecule has 0 amide bonds. The second-order valence-electron chi connectivity index (χ2n) is 4.61. The average molecular weight is 208 g/mol. The highest BCUT2D eigenvalue weighted by atomic mass is 15.1. The van der Waals surface area contributed by atoms with Crippen molar-refractivity contribution in [1.29, 1.82) is 0 Å². The van der Waals surface area contributed by atoms with Crippen molar-refractivity contribution in [3.63, 3.8) is 0 Å². The Bertz CT molecular complexity index is 211. The summed E-state index contributed by atoms with van der Waals surface area (Å²) in [6.07, 6.45) is 9.26. The molecule has 0 bridgehead atoms. The second kappa shape index (κ2) is 6.15. The Morgan fingerprint density at radius 3 is 2.47 bits per heavy atom. The van der Waals surface area contributed by atoms with E-state index in [1.165, 1.54) is 38.9 Å². The zero-order valence-corrected chi connectivity index (χ0v) is 10.2. The first-order chi connectivity index (χ1) is 7.26. The highest BCUT2D eigenvalue weighted by molar-refractivity contribution is 4.92. The van der Waals surface area contributed by atoms with E-state index >= 15 is 0 Å². The number of nitrogens with one attached hydrogen (secondary N) is 1. The molecule has 0 aromatic carbocycles. The lowest BCUT2D eigenvalue weighted by atomic mass is 9.76. The van der Waals surface area contributed by atoms with E-state index in [1.807, 2.05) is 0 Å². The molecule has 1 aliphatic heterocycles. The van der Waals surface area contributed by atoms with Gasteiger partial charge in [0.05, 0.1) is 6.54 Å². The molecule has 0 spiro atoms. The molecule has 0 aliphatic carbocycles.